The van der Waals surface area contributed by atoms with Gasteiger partial charge in [-0.2, -0.15) is 0 Å². The Kier molecular flexibility index (Phi) is 4.07. The molecule has 0 bridgehead atoms. The number of hydrogen-bond donors (Lipinski definition) is 3. The molecule has 8 heteroatoms. The van der Waals surface area contributed by atoms with Crippen molar-refractivity contribution in [3.05, 3.63) is 34.2 Å². The highest BCUT2D eigenvalue weighted by Gasteiger charge is 2.44. The molecule has 0 radical (unpaired) electrons. The number of aromatic amines is 1. The van der Waals surface area contributed by atoms with Gasteiger partial charge in [-0.25, -0.2) is 9.59 Å². The molecule has 1 saturated heterocycles. The normalized spacial score (nSPS) is 23.5. The van der Waals surface area contributed by atoms with Gasteiger partial charge in [0.05, 0.1) is 17.6 Å². The highest BCUT2D eigenvalue weighted by atomic mass is 16.5. The molecular weight excluding hydrogens is 338 g/mol. The van der Waals surface area contributed by atoms with Crippen molar-refractivity contribution in [2.24, 2.45) is 0 Å². The molecule has 4 rings (SSSR count). The third-order valence-electron chi connectivity index (χ3n) is 5.45. The number of carbonyl (C=O) groups is 2. The minimum absolute atomic E-state index is 0.0504. The van der Waals surface area contributed by atoms with Crippen LogP contribution in [0.25, 0.3) is 11.0 Å². The van der Waals surface area contributed by atoms with Crippen LogP contribution in [0.2, 0.25) is 0 Å². The average molecular weight is 359 g/mol. The van der Waals surface area contributed by atoms with E-state index < -0.39 is 17.4 Å². The number of benzene rings is 1. The van der Waals surface area contributed by atoms with Crippen molar-refractivity contribution < 1.29 is 19.4 Å². The molecule has 1 aliphatic carbocycles. The minimum atomic E-state index is -1.39. The first-order valence-corrected chi connectivity index (χ1v) is 8.88. The smallest absolute Gasteiger partial charge is 0.331 e. The van der Waals surface area contributed by atoms with E-state index >= 15 is 0 Å². The first kappa shape index (κ1) is 16.8. The molecule has 1 aliphatic heterocycles. The van der Waals surface area contributed by atoms with Crippen molar-refractivity contribution in [3.63, 3.8) is 0 Å². The lowest BCUT2D eigenvalue weighted by Gasteiger charge is -2.23. The number of nitrogens with zero attached hydrogens (tertiary/aromatic N) is 1. The van der Waals surface area contributed by atoms with Gasteiger partial charge in [0.1, 0.15) is 0 Å². The largest absolute Gasteiger partial charge is 0.479 e. The fourth-order valence-electron chi connectivity index (χ4n) is 3.97. The number of aromatic nitrogens is 2. The van der Waals surface area contributed by atoms with E-state index in [-0.39, 0.29) is 24.8 Å². The molecule has 26 heavy (non-hydrogen) atoms. The summed E-state index contributed by atoms with van der Waals surface area (Å²) >= 11 is 0. The predicted octanol–water partition coefficient (Wildman–Crippen LogP) is 1.42. The number of fused-ring (bicyclic) bond motifs is 1. The second-order valence-electron chi connectivity index (χ2n) is 7.11. The Morgan fingerprint density at radius 3 is 2.73 bits per heavy atom. The third-order valence-corrected chi connectivity index (χ3v) is 5.45. The molecule has 1 atom stereocenters. The number of nitrogens with one attached hydrogen (secondary N) is 2. The number of carboxylic acids is 1. The molecule has 138 valence electrons. The average Bonchev–Trinajstić information content (AvgIpc) is 3.33. The monoisotopic (exact) mass is 359 g/mol. The van der Waals surface area contributed by atoms with Gasteiger partial charge >= 0.3 is 11.7 Å². The number of carboxylic acid groups (broad SMARTS) is 1. The first-order chi connectivity index (χ1) is 12.5. The molecule has 2 aromatic rings. The second-order valence-corrected chi connectivity index (χ2v) is 7.11. The Labute approximate surface area is 149 Å². The van der Waals surface area contributed by atoms with E-state index in [1.165, 1.54) is 0 Å². The number of carbonyl (C=O) groups excluding carboxylic acids is 1. The van der Waals surface area contributed by atoms with E-state index in [1.54, 1.807) is 22.8 Å². The Bertz CT molecular complexity index is 917. The van der Waals surface area contributed by atoms with Crippen LogP contribution in [0.3, 0.4) is 0 Å². The molecule has 2 aliphatic rings. The van der Waals surface area contributed by atoms with Gasteiger partial charge in [-0.05, 0) is 31.0 Å². The van der Waals surface area contributed by atoms with E-state index in [1.807, 2.05) is 0 Å². The summed E-state index contributed by atoms with van der Waals surface area (Å²) in [5.41, 5.74) is 0.104. The summed E-state index contributed by atoms with van der Waals surface area (Å²) in [5.74, 6) is -1.60. The van der Waals surface area contributed by atoms with E-state index in [4.69, 9.17) is 4.74 Å². The maximum absolute atomic E-state index is 12.6. The Balaban J connectivity index is 1.64. The second kappa shape index (κ2) is 6.28. The van der Waals surface area contributed by atoms with Crippen LogP contribution < -0.4 is 11.0 Å². The van der Waals surface area contributed by atoms with Crippen LogP contribution in [-0.2, 0) is 9.53 Å². The number of ether oxygens (including phenoxy) is 1. The van der Waals surface area contributed by atoms with Gasteiger partial charge in [0.25, 0.3) is 5.91 Å². The highest BCUT2D eigenvalue weighted by molar-refractivity contribution is 6.00. The van der Waals surface area contributed by atoms with Gasteiger partial charge in [-0.3, -0.25) is 9.36 Å². The van der Waals surface area contributed by atoms with Gasteiger partial charge in [-0.1, -0.05) is 12.8 Å². The molecule has 8 nitrogen and oxygen atoms in total. The maximum Gasteiger partial charge on any atom is 0.331 e. The van der Waals surface area contributed by atoms with Crippen molar-refractivity contribution in [2.45, 2.75) is 43.7 Å². The van der Waals surface area contributed by atoms with Crippen LogP contribution in [0.1, 0.15) is 48.5 Å². The van der Waals surface area contributed by atoms with E-state index in [2.05, 4.69) is 10.3 Å². The summed E-state index contributed by atoms with van der Waals surface area (Å²) in [7, 11) is 0. The minimum Gasteiger partial charge on any atom is -0.479 e. The summed E-state index contributed by atoms with van der Waals surface area (Å²) in [4.78, 5) is 39.3. The quantitative estimate of drug-likeness (QED) is 0.764. The zero-order chi connectivity index (χ0) is 18.3. The van der Waals surface area contributed by atoms with Crippen LogP contribution in [0.5, 0.6) is 0 Å². The van der Waals surface area contributed by atoms with Crippen LogP contribution in [0.15, 0.2) is 23.0 Å². The lowest BCUT2D eigenvalue weighted by atomic mass is 9.98. The van der Waals surface area contributed by atoms with Crippen LogP contribution >= 0.6 is 0 Å². The molecule has 1 saturated carbocycles. The number of imidazole rings is 1. The summed E-state index contributed by atoms with van der Waals surface area (Å²) in [6, 6.07) is 5.17. The maximum atomic E-state index is 12.6. The number of aliphatic carboxylic acids is 1. The third kappa shape index (κ3) is 2.70. The van der Waals surface area contributed by atoms with Crippen molar-refractivity contribution in [3.8, 4) is 0 Å². The van der Waals surface area contributed by atoms with Crippen molar-refractivity contribution >= 4 is 22.9 Å². The van der Waals surface area contributed by atoms with Crippen LogP contribution in [-0.4, -0.2) is 45.3 Å². The van der Waals surface area contributed by atoms with E-state index in [9.17, 15) is 19.5 Å². The van der Waals surface area contributed by atoms with E-state index in [0.717, 1.165) is 31.2 Å². The molecular formula is C18H21N3O5. The standard InChI is InChI=1S/C18H21N3O5/c22-15(20-18(16(23)24)7-8-26-10-18)11-5-6-14-13(9-11)19-17(25)21(14)12-3-1-2-4-12/h5-6,9,12H,1-4,7-8,10H2,(H,19,25)(H,20,22)(H,23,24). The fourth-order valence-corrected chi connectivity index (χ4v) is 3.97. The molecule has 2 fully saturated rings. The molecule has 0 spiro atoms. The molecule has 1 aromatic carbocycles. The van der Waals surface area contributed by atoms with Gasteiger partial charge in [0.15, 0.2) is 5.54 Å². The highest BCUT2D eigenvalue weighted by Crippen LogP contribution is 2.30. The fraction of sp³-hybridized carbons (Fsp3) is 0.500. The number of H-pyrrole nitrogens is 1. The zero-order valence-electron chi connectivity index (χ0n) is 14.3. The summed E-state index contributed by atoms with van der Waals surface area (Å²) in [5, 5.41) is 12.0. The van der Waals surface area contributed by atoms with Crippen molar-refractivity contribution in [2.75, 3.05) is 13.2 Å². The molecule has 2 heterocycles. The lowest BCUT2D eigenvalue weighted by molar-refractivity contribution is -0.144. The number of amides is 1. The summed E-state index contributed by atoms with van der Waals surface area (Å²) in [6.45, 7) is 0.244. The van der Waals surface area contributed by atoms with Gasteiger partial charge in [-0.15, -0.1) is 0 Å². The van der Waals surface area contributed by atoms with Crippen LogP contribution in [0.4, 0.5) is 0 Å². The van der Waals surface area contributed by atoms with Crippen molar-refractivity contribution in [1.82, 2.24) is 14.9 Å². The molecule has 1 unspecified atom stereocenters. The first-order valence-electron chi connectivity index (χ1n) is 8.88. The van der Waals surface area contributed by atoms with E-state index in [0.29, 0.717) is 17.7 Å². The van der Waals surface area contributed by atoms with Gasteiger partial charge in [0.2, 0.25) is 0 Å². The summed E-state index contributed by atoms with van der Waals surface area (Å²) in [6.07, 6.45) is 4.42. The topological polar surface area (TPSA) is 113 Å². The summed E-state index contributed by atoms with van der Waals surface area (Å²) < 4.78 is 6.93. The van der Waals surface area contributed by atoms with Gasteiger partial charge in [0, 0.05) is 24.6 Å². The molecule has 3 N–H and O–H groups in total. The molecule has 1 aromatic heterocycles. The Morgan fingerprint density at radius 1 is 1.31 bits per heavy atom. The molecule has 1 amide bonds. The van der Waals surface area contributed by atoms with Crippen LogP contribution in [0, 0.1) is 0 Å². The number of hydrogen-bond acceptors (Lipinski definition) is 4. The lowest BCUT2D eigenvalue weighted by Crippen LogP contribution is -2.55. The Morgan fingerprint density at radius 2 is 2.08 bits per heavy atom. The SMILES string of the molecule is O=C(NC1(C(=O)O)CCOC1)c1ccc2c(c1)[nH]c(=O)n2C1CCCC1. The van der Waals surface area contributed by atoms with Crippen molar-refractivity contribution in [1.29, 1.82) is 0 Å². The number of rotatable bonds is 4. The Hall–Kier alpha value is -2.61. The zero-order valence-corrected chi connectivity index (χ0v) is 14.3. The predicted molar refractivity (Wildman–Crippen MR) is 93.3 cm³/mol. The van der Waals surface area contributed by atoms with Gasteiger partial charge < -0.3 is 20.1 Å².